The highest BCUT2D eigenvalue weighted by Crippen LogP contribution is 2.28. The van der Waals surface area contributed by atoms with E-state index in [0.717, 1.165) is 22.5 Å². The van der Waals surface area contributed by atoms with E-state index in [-0.39, 0.29) is 5.03 Å². The van der Waals surface area contributed by atoms with E-state index >= 15 is 0 Å². The zero-order chi connectivity index (χ0) is 17.6. The van der Waals surface area contributed by atoms with Gasteiger partial charge in [0.15, 0.2) is 26.3 Å². The van der Waals surface area contributed by atoms with Gasteiger partial charge < -0.3 is 5.32 Å². The van der Waals surface area contributed by atoms with Gasteiger partial charge in [-0.1, -0.05) is 0 Å². The van der Waals surface area contributed by atoms with Crippen LogP contribution in [0.1, 0.15) is 5.69 Å². The Balaban J connectivity index is 1.94. The van der Waals surface area contributed by atoms with Crippen molar-refractivity contribution in [3.05, 3.63) is 36.5 Å². The number of fused-ring (bicyclic) bond motifs is 1. The van der Waals surface area contributed by atoms with Gasteiger partial charge in [0.05, 0.1) is 23.8 Å². The summed E-state index contributed by atoms with van der Waals surface area (Å²) in [6, 6.07) is 1.86. The van der Waals surface area contributed by atoms with Crippen LogP contribution < -0.4 is 5.32 Å². The van der Waals surface area contributed by atoms with E-state index in [4.69, 9.17) is 0 Å². The second kappa shape index (κ2) is 5.63. The maximum Gasteiger partial charge on any atom is 0.194 e. The topological polar surface area (TPSA) is 118 Å². The smallest absolute Gasteiger partial charge is 0.194 e. The number of hydrogen-bond donors (Lipinski definition) is 2. The van der Waals surface area contributed by atoms with Crippen molar-refractivity contribution >= 4 is 37.8 Å². The van der Waals surface area contributed by atoms with Gasteiger partial charge in [-0.15, -0.1) is 0 Å². The molecule has 0 saturated carbocycles. The molecule has 0 aliphatic heterocycles. The monoisotopic (exact) mass is 375 g/mol. The van der Waals surface area contributed by atoms with Crippen LogP contribution in [-0.2, 0) is 9.84 Å². The molecular weight excluding hydrogens is 362 g/mol. The summed E-state index contributed by atoms with van der Waals surface area (Å²) in [6.07, 6.45) is 7.59. The van der Waals surface area contributed by atoms with Gasteiger partial charge in [0, 0.05) is 24.2 Å². The lowest BCUT2D eigenvalue weighted by Crippen LogP contribution is -2.07. The van der Waals surface area contributed by atoms with Gasteiger partial charge in [-0.3, -0.25) is 9.50 Å². The molecule has 25 heavy (non-hydrogen) atoms. The third-order valence-electron chi connectivity index (χ3n) is 3.51. The van der Waals surface area contributed by atoms with Gasteiger partial charge in [0.1, 0.15) is 5.00 Å². The average Bonchev–Trinajstić information content (AvgIpc) is 3.26. The highest BCUT2D eigenvalue weighted by Gasteiger charge is 2.18. The maximum atomic E-state index is 12.1. The van der Waals surface area contributed by atoms with Crippen molar-refractivity contribution in [2.75, 3.05) is 11.6 Å². The number of nitrogens with one attached hydrogen (secondary N) is 2. The molecular formula is C14H13N7O2S2. The summed E-state index contributed by atoms with van der Waals surface area (Å²) in [5.41, 5.74) is 2.87. The fourth-order valence-corrected chi connectivity index (χ4v) is 3.59. The minimum atomic E-state index is -3.50. The van der Waals surface area contributed by atoms with Gasteiger partial charge in [-0.05, 0) is 24.5 Å². The highest BCUT2D eigenvalue weighted by atomic mass is 32.2. The van der Waals surface area contributed by atoms with E-state index in [2.05, 4.69) is 29.9 Å². The molecule has 0 radical (unpaired) electrons. The lowest BCUT2D eigenvalue weighted by atomic mass is 10.3. The maximum absolute atomic E-state index is 12.1. The number of H-pyrrole nitrogens is 1. The number of aromatic amines is 1. The Labute approximate surface area is 146 Å². The van der Waals surface area contributed by atoms with Crippen LogP contribution in [0.25, 0.3) is 16.9 Å². The summed E-state index contributed by atoms with van der Waals surface area (Å²) < 4.78 is 30.0. The van der Waals surface area contributed by atoms with E-state index in [9.17, 15) is 8.42 Å². The number of aromatic nitrogens is 6. The lowest BCUT2D eigenvalue weighted by molar-refractivity contribution is 0.597. The molecule has 4 aromatic heterocycles. The molecule has 4 rings (SSSR count). The highest BCUT2D eigenvalue weighted by molar-refractivity contribution is 7.90. The van der Waals surface area contributed by atoms with Crippen LogP contribution in [0.15, 0.2) is 35.9 Å². The Bertz CT molecular complexity index is 1160. The van der Waals surface area contributed by atoms with Crippen LogP contribution in [0.2, 0.25) is 0 Å². The molecule has 0 atom stereocenters. The molecule has 0 aromatic carbocycles. The first-order valence-electron chi connectivity index (χ1n) is 7.19. The quantitative estimate of drug-likeness (QED) is 0.560. The number of anilines is 2. The van der Waals surface area contributed by atoms with Crippen molar-refractivity contribution in [3.63, 3.8) is 0 Å². The van der Waals surface area contributed by atoms with E-state index in [0.29, 0.717) is 17.2 Å². The molecule has 4 aromatic rings. The Morgan fingerprint density at radius 3 is 2.80 bits per heavy atom. The molecule has 0 unspecified atom stereocenters. The SMILES string of the molecule is Cc1cc(Nc2nc(S(C)(=O)=O)cn3c(-c4cn[nH]c4)cnc23)sn1. The zero-order valence-corrected chi connectivity index (χ0v) is 14.9. The first-order valence-corrected chi connectivity index (χ1v) is 9.86. The first kappa shape index (κ1) is 15.7. The van der Waals surface area contributed by atoms with Crippen LogP contribution in [0, 0.1) is 6.92 Å². The number of aryl methyl sites for hydroxylation is 1. The standard InChI is InChI=1S/C14H13N7O2S2/c1-8-3-11(24-20-8)18-13-14-15-6-10(9-4-16-17-5-9)21(14)7-12(19-13)25(2,22)23/h3-7H,1-2H3,(H,16,17)(H,18,19). The molecule has 9 nitrogen and oxygen atoms in total. The molecule has 11 heteroatoms. The van der Waals surface area contributed by atoms with E-state index < -0.39 is 9.84 Å². The summed E-state index contributed by atoms with van der Waals surface area (Å²) in [5, 5.41) is 10.5. The summed E-state index contributed by atoms with van der Waals surface area (Å²) in [5.74, 6) is 0.348. The van der Waals surface area contributed by atoms with Gasteiger partial charge in [-0.2, -0.15) is 9.47 Å². The van der Waals surface area contributed by atoms with Crippen molar-refractivity contribution in [1.29, 1.82) is 0 Å². The van der Waals surface area contributed by atoms with Gasteiger partial charge in [0.2, 0.25) is 0 Å². The lowest BCUT2D eigenvalue weighted by Gasteiger charge is -2.08. The average molecular weight is 375 g/mol. The fraction of sp³-hybridized carbons (Fsp3) is 0.143. The third-order valence-corrected chi connectivity index (χ3v) is 5.27. The number of rotatable bonds is 4. The minimum absolute atomic E-state index is 0.0496. The molecule has 0 spiro atoms. The molecule has 0 amide bonds. The molecule has 0 aliphatic rings. The van der Waals surface area contributed by atoms with E-state index in [1.165, 1.54) is 17.7 Å². The molecule has 0 fully saturated rings. The Hall–Kier alpha value is -2.79. The first-order chi connectivity index (χ1) is 11.9. The van der Waals surface area contributed by atoms with Crippen LogP contribution in [-0.4, -0.2) is 43.6 Å². The molecule has 128 valence electrons. The number of imidazole rings is 1. The van der Waals surface area contributed by atoms with E-state index in [1.807, 2.05) is 13.0 Å². The second-order valence-electron chi connectivity index (χ2n) is 5.48. The van der Waals surface area contributed by atoms with Gasteiger partial charge in [0.25, 0.3) is 0 Å². The number of nitrogens with zero attached hydrogens (tertiary/aromatic N) is 5. The summed E-state index contributed by atoms with van der Waals surface area (Å²) >= 11 is 1.27. The Kier molecular flexibility index (Phi) is 3.54. The van der Waals surface area contributed by atoms with Crippen molar-refractivity contribution in [1.82, 2.24) is 28.9 Å². The Morgan fingerprint density at radius 2 is 2.16 bits per heavy atom. The van der Waals surface area contributed by atoms with Crippen LogP contribution in [0.5, 0.6) is 0 Å². The molecule has 0 aliphatic carbocycles. The summed E-state index contributed by atoms with van der Waals surface area (Å²) in [6.45, 7) is 1.88. The van der Waals surface area contributed by atoms with Crippen molar-refractivity contribution < 1.29 is 8.42 Å². The summed E-state index contributed by atoms with van der Waals surface area (Å²) in [7, 11) is -3.50. The number of sulfone groups is 1. The van der Waals surface area contributed by atoms with Crippen LogP contribution >= 0.6 is 11.5 Å². The number of hydrogen-bond acceptors (Lipinski definition) is 8. The predicted octanol–water partition coefficient (Wildman–Crippen LogP) is 2.03. The van der Waals surface area contributed by atoms with Gasteiger partial charge in [-0.25, -0.2) is 18.4 Å². The Morgan fingerprint density at radius 1 is 1.32 bits per heavy atom. The predicted molar refractivity (Wildman–Crippen MR) is 93.8 cm³/mol. The zero-order valence-electron chi connectivity index (χ0n) is 13.3. The summed E-state index contributed by atoms with van der Waals surface area (Å²) in [4.78, 5) is 8.63. The molecule has 4 heterocycles. The normalized spacial score (nSPS) is 11.9. The minimum Gasteiger partial charge on any atom is -0.328 e. The molecule has 0 bridgehead atoms. The van der Waals surface area contributed by atoms with Crippen LogP contribution in [0.3, 0.4) is 0 Å². The van der Waals surface area contributed by atoms with Crippen molar-refractivity contribution in [2.24, 2.45) is 0 Å². The third kappa shape index (κ3) is 2.87. The molecule has 2 N–H and O–H groups in total. The van der Waals surface area contributed by atoms with Crippen LogP contribution in [0.4, 0.5) is 10.8 Å². The van der Waals surface area contributed by atoms with Gasteiger partial charge >= 0.3 is 0 Å². The van der Waals surface area contributed by atoms with Crippen molar-refractivity contribution in [2.45, 2.75) is 11.9 Å². The van der Waals surface area contributed by atoms with Crippen molar-refractivity contribution in [3.8, 4) is 11.3 Å². The van der Waals surface area contributed by atoms with E-state index in [1.54, 1.807) is 23.0 Å². The molecule has 0 saturated heterocycles. The fourth-order valence-electron chi connectivity index (χ4n) is 2.37. The largest absolute Gasteiger partial charge is 0.328 e. The second-order valence-corrected chi connectivity index (χ2v) is 8.25.